The Morgan fingerprint density at radius 3 is 2.39 bits per heavy atom. The third-order valence-corrected chi connectivity index (χ3v) is 6.05. The number of sulfone groups is 1. The van der Waals surface area contributed by atoms with Crippen molar-refractivity contribution in [1.29, 1.82) is 0 Å². The van der Waals surface area contributed by atoms with E-state index in [0.717, 1.165) is 6.07 Å². The first-order chi connectivity index (χ1) is 10.6. The van der Waals surface area contributed by atoms with Gasteiger partial charge < -0.3 is 4.84 Å². The zero-order valence-corrected chi connectivity index (χ0v) is 14.4. The van der Waals surface area contributed by atoms with Gasteiger partial charge in [0.1, 0.15) is 5.82 Å². The molecule has 0 bridgehead atoms. The fraction of sp³-hybridized carbons (Fsp3) is 0.562. The van der Waals surface area contributed by atoms with Gasteiger partial charge in [-0.15, -0.1) is 5.06 Å². The third kappa shape index (κ3) is 4.29. The maximum Gasteiger partial charge on any atom is 0.330 e. The molecule has 23 heavy (non-hydrogen) atoms. The summed E-state index contributed by atoms with van der Waals surface area (Å²) in [7, 11) is -3.57. The average molecular weight is 343 g/mol. The molecule has 0 atom stereocenters. The van der Waals surface area contributed by atoms with Crippen molar-refractivity contribution < 1.29 is 22.4 Å². The smallest absolute Gasteiger partial charge is 0.330 e. The van der Waals surface area contributed by atoms with Gasteiger partial charge in [0.05, 0.1) is 15.6 Å². The third-order valence-electron chi connectivity index (χ3n) is 3.79. The predicted molar refractivity (Wildman–Crippen MR) is 83.7 cm³/mol. The van der Waals surface area contributed by atoms with Crippen molar-refractivity contribution >= 4 is 15.8 Å². The lowest BCUT2D eigenvalue weighted by molar-refractivity contribution is -0.203. The summed E-state index contributed by atoms with van der Waals surface area (Å²) in [4.78, 5) is 17.1. The summed E-state index contributed by atoms with van der Waals surface area (Å²) in [6.45, 7) is 5.98. The van der Waals surface area contributed by atoms with Gasteiger partial charge in [0.25, 0.3) is 0 Å². The maximum absolute atomic E-state index is 13.3. The van der Waals surface area contributed by atoms with E-state index in [0.29, 0.717) is 25.9 Å². The van der Waals surface area contributed by atoms with Crippen LogP contribution in [0.3, 0.4) is 0 Å². The molecule has 7 heteroatoms. The van der Waals surface area contributed by atoms with E-state index in [9.17, 15) is 17.6 Å². The van der Waals surface area contributed by atoms with Crippen LogP contribution in [0, 0.1) is 11.2 Å². The summed E-state index contributed by atoms with van der Waals surface area (Å²) < 4.78 is 38.3. The Hall–Kier alpha value is -1.47. The maximum atomic E-state index is 13.3. The van der Waals surface area contributed by atoms with E-state index < -0.39 is 26.3 Å². The number of carbonyl (C=O) groups is 1. The Balaban J connectivity index is 2.00. The van der Waals surface area contributed by atoms with Gasteiger partial charge in [-0.1, -0.05) is 6.07 Å². The van der Waals surface area contributed by atoms with Crippen molar-refractivity contribution in [3.8, 4) is 0 Å². The number of piperidine rings is 1. The Morgan fingerprint density at radius 2 is 1.87 bits per heavy atom. The van der Waals surface area contributed by atoms with Crippen molar-refractivity contribution in [3.63, 3.8) is 0 Å². The molecular weight excluding hydrogens is 321 g/mol. The monoisotopic (exact) mass is 343 g/mol. The van der Waals surface area contributed by atoms with Crippen LogP contribution >= 0.6 is 0 Å². The fourth-order valence-corrected chi connectivity index (χ4v) is 4.09. The minimum atomic E-state index is -3.57. The highest BCUT2D eigenvalue weighted by Gasteiger charge is 2.34. The Morgan fingerprint density at radius 1 is 1.26 bits per heavy atom. The molecule has 0 radical (unpaired) electrons. The highest BCUT2D eigenvalue weighted by atomic mass is 32.2. The van der Waals surface area contributed by atoms with Crippen LogP contribution in [0.5, 0.6) is 0 Å². The van der Waals surface area contributed by atoms with Crippen LogP contribution in [0.25, 0.3) is 0 Å². The molecule has 0 spiro atoms. The molecule has 1 aliphatic rings. The molecule has 1 aliphatic heterocycles. The lowest BCUT2D eigenvalue weighted by atomic mass is 9.98. The summed E-state index contributed by atoms with van der Waals surface area (Å²) in [6, 6.07) is 5.06. The van der Waals surface area contributed by atoms with Crippen molar-refractivity contribution in [3.05, 3.63) is 30.1 Å². The van der Waals surface area contributed by atoms with E-state index in [1.807, 2.05) is 0 Å². The normalized spacial score (nSPS) is 17.9. The van der Waals surface area contributed by atoms with Crippen LogP contribution < -0.4 is 0 Å². The number of carbonyl (C=O) groups excluding carboxylic acids is 1. The molecule has 128 valence electrons. The van der Waals surface area contributed by atoms with E-state index in [4.69, 9.17) is 4.84 Å². The van der Waals surface area contributed by atoms with Gasteiger partial charge in [-0.05, 0) is 51.8 Å². The molecule has 1 heterocycles. The van der Waals surface area contributed by atoms with Crippen LogP contribution in [0.15, 0.2) is 29.2 Å². The molecule has 2 rings (SSSR count). The van der Waals surface area contributed by atoms with Crippen molar-refractivity contribution in [1.82, 2.24) is 5.06 Å². The molecule has 5 nitrogen and oxygen atoms in total. The SMILES string of the molecule is CC(C)(C)C(=O)ON1CCC(S(=O)(=O)c2cccc(F)c2)CC1. The lowest BCUT2D eigenvalue weighted by Gasteiger charge is -2.31. The second kappa shape index (κ2) is 6.57. The molecule has 1 aromatic rings. The second-order valence-corrected chi connectivity index (χ2v) is 8.99. The van der Waals surface area contributed by atoms with Crippen LogP contribution in [0.1, 0.15) is 33.6 Å². The highest BCUT2D eigenvalue weighted by Crippen LogP contribution is 2.26. The van der Waals surface area contributed by atoms with Crippen LogP contribution in [-0.2, 0) is 19.5 Å². The van der Waals surface area contributed by atoms with Crippen LogP contribution in [0.4, 0.5) is 4.39 Å². The molecule has 0 aromatic heterocycles. The van der Waals surface area contributed by atoms with E-state index in [-0.39, 0.29) is 10.9 Å². The second-order valence-electron chi connectivity index (χ2n) is 6.76. The van der Waals surface area contributed by atoms with Gasteiger partial charge in [-0.2, -0.15) is 0 Å². The van der Waals surface area contributed by atoms with Crippen LogP contribution in [0.2, 0.25) is 0 Å². The van der Waals surface area contributed by atoms with E-state index in [1.165, 1.54) is 23.3 Å². The first kappa shape index (κ1) is 17.9. The number of nitrogens with zero attached hydrogens (tertiary/aromatic N) is 1. The minimum Gasteiger partial charge on any atom is -0.367 e. The molecule has 1 aromatic carbocycles. The van der Waals surface area contributed by atoms with Gasteiger partial charge in [-0.3, -0.25) is 0 Å². The fourth-order valence-electron chi connectivity index (χ4n) is 2.32. The lowest BCUT2D eigenvalue weighted by Crippen LogP contribution is -2.42. The zero-order chi connectivity index (χ0) is 17.3. The standard InChI is InChI=1S/C16H22FNO4S/c1-16(2,3)15(19)22-18-9-7-13(8-10-18)23(20,21)14-6-4-5-12(17)11-14/h4-6,11,13H,7-10H2,1-3H3. The highest BCUT2D eigenvalue weighted by molar-refractivity contribution is 7.92. The number of rotatable bonds is 3. The topological polar surface area (TPSA) is 63.7 Å². The van der Waals surface area contributed by atoms with Crippen molar-refractivity contribution in [2.75, 3.05) is 13.1 Å². The molecule has 0 saturated carbocycles. The van der Waals surface area contributed by atoms with Gasteiger partial charge in [0.15, 0.2) is 9.84 Å². The van der Waals surface area contributed by atoms with E-state index >= 15 is 0 Å². The first-order valence-electron chi connectivity index (χ1n) is 7.57. The van der Waals surface area contributed by atoms with E-state index in [1.54, 1.807) is 20.8 Å². The van der Waals surface area contributed by atoms with Crippen molar-refractivity contribution in [2.24, 2.45) is 5.41 Å². The Bertz CT molecular complexity index is 674. The quantitative estimate of drug-likeness (QED) is 0.844. The molecule has 0 aliphatic carbocycles. The molecule has 0 amide bonds. The molecule has 0 N–H and O–H groups in total. The summed E-state index contributed by atoms with van der Waals surface area (Å²) in [5, 5.41) is 0.916. The number of hydrogen-bond acceptors (Lipinski definition) is 5. The van der Waals surface area contributed by atoms with E-state index in [2.05, 4.69) is 0 Å². The predicted octanol–water partition coefficient (Wildman–Crippen LogP) is 2.57. The number of hydroxylamine groups is 2. The first-order valence-corrected chi connectivity index (χ1v) is 9.12. The summed E-state index contributed by atoms with van der Waals surface area (Å²) >= 11 is 0. The minimum absolute atomic E-state index is 0.00244. The number of halogens is 1. The van der Waals surface area contributed by atoms with Gasteiger partial charge in [0, 0.05) is 13.1 Å². The van der Waals surface area contributed by atoms with Gasteiger partial charge in [0.2, 0.25) is 0 Å². The summed E-state index contributed by atoms with van der Waals surface area (Å²) in [5.74, 6) is -0.911. The summed E-state index contributed by atoms with van der Waals surface area (Å²) in [6.07, 6.45) is 0.687. The number of hydrogen-bond donors (Lipinski definition) is 0. The molecular formula is C16H22FNO4S. The molecule has 1 fully saturated rings. The molecule has 0 unspecified atom stereocenters. The average Bonchev–Trinajstić information content (AvgIpc) is 2.47. The van der Waals surface area contributed by atoms with Gasteiger partial charge in [-0.25, -0.2) is 17.6 Å². The van der Waals surface area contributed by atoms with Gasteiger partial charge >= 0.3 is 5.97 Å². The van der Waals surface area contributed by atoms with Crippen LogP contribution in [-0.4, -0.2) is 37.8 Å². The zero-order valence-electron chi connectivity index (χ0n) is 13.6. The number of benzene rings is 1. The largest absolute Gasteiger partial charge is 0.367 e. The Labute approximate surface area is 136 Å². The Kier molecular flexibility index (Phi) is 5.10. The molecule has 1 saturated heterocycles. The summed E-state index contributed by atoms with van der Waals surface area (Å²) in [5.41, 5.74) is -0.607. The van der Waals surface area contributed by atoms with Crippen molar-refractivity contribution in [2.45, 2.75) is 43.8 Å².